The molecule has 5 nitrogen and oxygen atoms in total. The third-order valence-electron chi connectivity index (χ3n) is 3.60. The standard InChI is InChI=1S/C20H23ClN2O3/c1-2-14-26-18-7-4-3-6-17(18)23-19(24)8-5-13-22-20(25)15-9-11-16(21)12-10-15/h3-4,6-7,9-12H,2,5,8,13-14H2,1H3,(H,22,25)(H,23,24). The first kappa shape index (κ1) is 19.8. The predicted molar refractivity (Wildman–Crippen MR) is 104 cm³/mol. The Morgan fingerprint density at radius 1 is 1.08 bits per heavy atom. The van der Waals surface area contributed by atoms with Gasteiger partial charge in [-0.1, -0.05) is 30.7 Å². The fourth-order valence-electron chi connectivity index (χ4n) is 2.27. The van der Waals surface area contributed by atoms with Crippen molar-refractivity contribution >= 4 is 29.1 Å². The molecule has 0 spiro atoms. The summed E-state index contributed by atoms with van der Waals surface area (Å²) in [6.45, 7) is 3.05. The van der Waals surface area contributed by atoms with E-state index in [-0.39, 0.29) is 11.8 Å². The minimum Gasteiger partial charge on any atom is -0.491 e. The van der Waals surface area contributed by atoms with Crippen molar-refractivity contribution in [3.63, 3.8) is 0 Å². The highest BCUT2D eigenvalue weighted by molar-refractivity contribution is 6.30. The van der Waals surface area contributed by atoms with Crippen molar-refractivity contribution in [1.29, 1.82) is 0 Å². The Balaban J connectivity index is 1.74. The number of amides is 2. The maximum atomic E-state index is 12.1. The molecule has 26 heavy (non-hydrogen) atoms. The number of benzene rings is 2. The minimum absolute atomic E-state index is 0.113. The van der Waals surface area contributed by atoms with Gasteiger partial charge in [0, 0.05) is 23.6 Å². The highest BCUT2D eigenvalue weighted by Crippen LogP contribution is 2.24. The first-order valence-corrected chi connectivity index (χ1v) is 9.03. The monoisotopic (exact) mass is 374 g/mol. The molecule has 0 unspecified atom stereocenters. The SMILES string of the molecule is CCCOc1ccccc1NC(=O)CCCNC(=O)c1ccc(Cl)cc1. The molecule has 0 aliphatic rings. The van der Waals surface area contributed by atoms with Crippen molar-refractivity contribution in [1.82, 2.24) is 5.32 Å². The molecule has 0 bridgehead atoms. The van der Waals surface area contributed by atoms with Gasteiger partial charge in [-0.05, 0) is 49.2 Å². The van der Waals surface area contributed by atoms with Crippen LogP contribution < -0.4 is 15.4 Å². The third-order valence-corrected chi connectivity index (χ3v) is 3.85. The van der Waals surface area contributed by atoms with Gasteiger partial charge in [0.2, 0.25) is 5.91 Å². The van der Waals surface area contributed by atoms with E-state index in [9.17, 15) is 9.59 Å². The molecular weight excluding hydrogens is 352 g/mol. The average molecular weight is 375 g/mol. The van der Waals surface area contributed by atoms with Gasteiger partial charge < -0.3 is 15.4 Å². The van der Waals surface area contributed by atoms with Crippen LogP contribution in [0.25, 0.3) is 0 Å². The second-order valence-electron chi connectivity index (χ2n) is 5.76. The van der Waals surface area contributed by atoms with Crippen molar-refractivity contribution in [3.05, 3.63) is 59.1 Å². The lowest BCUT2D eigenvalue weighted by molar-refractivity contribution is -0.116. The fourth-order valence-corrected chi connectivity index (χ4v) is 2.40. The number of anilines is 1. The van der Waals surface area contributed by atoms with Gasteiger partial charge in [-0.15, -0.1) is 0 Å². The minimum atomic E-state index is -0.180. The van der Waals surface area contributed by atoms with E-state index in [4.69, 9.17) is 16.3 Å². The Labute approximate surface area is 158 Å². The van der Waals surface area contributed by atoms with Crippen LogP contribution in [-0.2, 0) is 4.79 Å². The third kappa shape index (κ3) is 6.41. The van der Waals surface area contributed by atoms with E-state index in [1.54, 1.807) is 24.3 Å². The van der Waals surface area contributed by atoms with Gasteiger partial charge in [-0.2, -0.15) is 0 Å². The van der Waals surface area contributed by atoms with E-state index < -0.39 is 0 Å². The lowest BCUT2D eigenvalue weighted by atomic mass is 10.2. The summed E-state index contributed by atoms with van der Waals surface area (Å²) in [5.74, 6) is 0.373. The summed E-state index contributed by atoms with van der Waals surface area (Å²) in [6, 6.07) is 14.0. The van der Waals surface area contributed by atoms with Crippen LogP contribution >= 0.6 is 11.6 Å². The van der Waals surface area contributed by atoms with Gasteiger partial charge >= 0.3 is 0 Å². The average Bonchev–Trinajstić information content (AvgIpc) is 2.65. The maximum absolute atomic E-state index is 12.1. The number of halogens is 1. The largest absolute Gasteiger partial charge is 0.491 e. The number of ether oxygens (including phenoxy) is 1. The van der Waals surface area contributed by atoms with Crippen molar-refractivity contribution in [2.24, 2.45) is 0 Å². The molecule has 2 aromatic carbocycles. The molecular formula is C20H23ClN2O3. The molecule has 6 heteroatoms. The van der Waals surface area contributed by atoms with Crippen LogP contribution in [-0.4, -0.2) is 25.0 Å². The van der Waals surface area contributed by atoms with E-state index in [2.05, 4.69) is 10.6 Å². The molecule has 0 aliphatic heterocycles. The molecule has 0 atom stereocenters. The topological polar surface area (TPSA) is 67.4 Å². The van der Waals surface area contributed by atoms with E-state index in [1.807, 2.05) is 31.2 Å². The summed E-state index contributed by atoms with van der Waals surface area (Å²) >= 11 is 5.80. The molecule has 138 valence electrons. The second-order valence-corrected chi connectivity index (χ2v) is 6.20. The Bertz CT molecular complexity index is 732. The summed E-state index contributed by atoms with van der Waals surface area (Å²) < 4.78 is 5.62. The molecule has 0 radical (unpaired) electrons. The number of carbonyl (C=O) groups excluding carboxylic acids is 2. The summed E-state index contributed by atoms with van der Waals surface area (Å²) in [7, 11) is 0. The molecule has 2 amide bonds. The highest BCUT2D eigenvalue weighted by Gasteiger charge is 2.08. The summed E-state index contributed by atoms with van der Waals surface area (Å²) in [5.41, 5.74) is 1.21. The van der Waals surface area contributed by atoms with Crippen molar-refractivity contribution < 1.29 is 14.3 Å². The van der Waals surface area contributed by atoms with Crippen LogP contribution in [0, 0.1) is 0 Å². The first-order valence-electron chi connectivity index (χ1n) is 8.65. The molecule has 0 aromatic heterocycles. The summed E-state index contributed by atoms with van der Waals surface area (Å²) in [4.78, 5) is 24.1. The van der Waals surface area contributed by atoms with Crippen molar-refractivity contribution in [3.8, 4) is 5.75 Å². The number of carbonyl (C=O) groups is 2. The molecule has 0 saturated heterocycles. The fraction of sp³-hybridized carbons (Fsp3) is 0.300. The zero-order chi connectivity index (χ0) is 18.8. The van der Waals surface area contributed by atoms with E-state index in [1.165, 1.54) is 0 Å². The molecule has 2 N–H and O–H groups in total. The summed E-state index contributed by atoms with van der Waals surface area (Å²) in [5, 5.41) is 6.23. The molecule has 0 saturated carbocycles. The number of hydrogen-bond donors (Lipinski definition) is 2. The lowest BCUT2D eigenvalue weighted by Gasteiger charge is -2.12. The predicted octanol–water partition coefficient (Wildman–Crippen LogP) is 4.28. The number of rotatable bonds is 9. The Hall–Kier alpha value is -2.53. The maximum Gasteiger partial charge on any atom is 0.251 e. The van der Waals surface area contributed by atoms with Gasteiger partial charge in [0.05, 0.1) is 12.3 Å². The normalized spacial score (nSPS) is 10.2. The zero-order valence-electron chi connectivity index (χ0n) is 14.8. The Kier molecular flexibility index (Phi) is 7.96. The van der Waals surface area contributed by atoms with Crippen LogP contribution in [0.5, 0.6) is 5.75 Å². The Morgan fingerprint density at radius 3 is 2.54 bits per heavy atom. The molecule has 0 heterocycles. The van der Waals surface area contributed by atoms with Gasteiger partial charge in [-0.3, -0.25) is 9.59 Å². The smallest absolute Gasteiger partial charge is 0.251 e. The second kappa shape index (κ2) is 10.5. The van der Waals surface area contributed by atoms with Gasteiger partial charge in [0.1, 0.15) is 5.75 Å². The number of nitrogens with one attached hydrogen (secondary N) is 2. The molecule has 2 rings (SSSR count). The van der Waals surface area contributed by atoms with Crippen LogP contribution in [0.15, 0.2) is 48.5 Å². The van der Waals surface area contributed by atoms with Crippen LogP contribution in [0.1, 0.15) is 36.5 Å². The van der Waals surface area contributed by atoms with Crippen LogP contribution in [0.2, 0.25) is 5.02 Å². The van der Waals surface area contributed by atoms with Crippen LogP contribution in [0.4, 0.5) is 5.69 Å². The van der Waals surface area contributed by atoms with E-state index in [0.29, 0.717) is 48.0 Å². The van der Waals surface area contributed by atoms with Crippen molar-refractivity contribution in [2.45, 2.75) is 26.2 Å². The van der Waals surface area contributed by atoms with Crippen molar-refractivity contribution in [2.75, 3.05) is 18.5 Å². The molecule has 0 aliphatic carbocycles. The lowest BCUT2D eigenvalue weighted by Crippen LogP contribution is -2.25. The van der Waals surface area contributed by atoms with E-state index in [0.717, 1.165) is 6.42 Å². The van der Waals surface area contributed by atoms with Gasteiger partial charge in [0.25, 0.3) is 5.91 Å². The molecule has 2 aromatic rings. The zero-order valence-corrected chi connectivity index (χ0v) is 15.5. The number of hydrogen-bond acceptors (Lipinski definition) is 3. The van der Waals surface area contributed by atoms with Gasteiger partial charge in [-0.25, -0.2) is 0 Å². The first-order chi connectivity index (χ1) is 12.6. The van der Waals surface area contributed by atoms with Crippen LogP contribution in [0.3, 0.4) is 0 Å². The quantitative estimate of drug-likeness (QED) is 0.644. The number of para-hydroxylation sites is 2. The highest BCUT2D eigenvalue weighted by atomic mass is 35.5. The molecule has 0 fully saturated rings. The van der Waals surface area contributed by atoms with Gasteiger partial charge in [0.15, 0.2) is 0 Å². The summed E-state index contributed by atoms with van der Waals surface area (Å²) in [6.07, 6.45) is 1.75. The Morgan fingerprint density at radius 2 is 1.81 bits per heavy atom. The van der Waals surface area contributed by atoms with E-state index >= 15 is 0 Å².